The molecule has 0 aliphatic rings. The highest BCUT2D eigenvalue weighted by molar-refractivity contribution is 5.74. The van der Waals surface area contributed by atoms with Crippen molar-refractivity contribution in [2.75, 3.05) is 19.6 Å². The Morgan fingerprint density at radius 2 is 2.25 bits per heavy atom. The fraction of sp³-hybridized carbons (Fsp3) is 0.667. The molecular formula is C9H18N2O. The molecule has 0 radical (unpaired) electrons. The second-order valence-electron chi connectivity index (χ2n) is 2.56. The van der Waals surface area contributed by atoms with Gasteiger partial charge in [-0.3, -0.25) is 0 Å². The Bertz CT molecular complexity index is 145. The van der Waals surface area contributed by atoms with E-state index in [4.69, 9.17) is 0 Å². The van der Waals surface area contributed by atoms with E-state index < -0.39 is 0 Å². The van der Waals surface area contributed by atoms with Crippen molar-refractivity contribution in [2.45, 2.75) is 20.3 Å². The smallest absolute Gasteiger partial charge is 0.317 e. The molecule has 0 bridgehead atoms. The summed E-state index contributed by atoms with van der Waals surface area (Å²) in [5, 5.41) is 2.81. The molecule has 0 rings (SSSR count). The van der Waals surface area contributed by atoms with Gasteiger partial charge in [0.1, 0.15) is 0 Å². The molecule has 3 heteroatoms. The van der Waals surface area contributed by atoms with Crippen LogP contribution in [-0.2, 0) is 0 Å². The number of rotatable bonds is 5. The zero-order valence-corrected chi connectivity index (χ0v) is 7.97. The fourth-order valence-corrected chi connectivity index (χ4v) is 0.855. The number of nitrogens with zero attached hydrogens (tertiary/aromatic N) is 1. The van der Waals surface area contributed by atoms with E-state index in [9.17, 15) is 4.79 Å². The summed E-state index contributed by atoms with van der Waals surface area (Å²) in [6.45, 7) is 9.66. The predicted molar refractivity (Wildman–Crippen MR) is 51.1 cm³/mol. The van der Waals surface area contributed by atoms with Gasteiger partial charge in [-0.2, -0.15) is 0 Å². The van der Waals surface area contributed by atoms with Crippen LogP contribution in [-0.4, -0.2) is 30.6 Å². The van der Waals surface area contributed by atoms with Crippen molar-refractivity contribution in [1.82, 2.24) is 10.2 Å². The SMILES string of the molecule is C=CCN(CC)C(=O)NCCC. The second-order valence-corrected chi connectivity index (χ2v) is 2.56. The summed E-state index contributed by atoms with van der Waals surface area (Å²) >= 11 is 0. The van der Waals surface area contributed by atoms with Gasteiger partial charge in [-0.15, -0.1) is 6.58 Å². The minimum absolute atomic E-state index is 0.000694. The molecule has 0 spiro atoms. The van der Waals surface area contributed by atoms with Crippen molar-refractivity contribution in [3.8, 4) is 0 Å². The molecule has 0 unspecified atom stereocenters. The van der Waals surface area contributed by atoms with Crippen molar-refractivity contribution in [3.05, 3.63) is 12.7 Å². The lowest BCUT2D eigenvalue weighted by Gasteiger charge is -2.19. The molecule has 70 valence electrons. The number of urea groups is 1. The maximum atomic E-state index is 11.3. The molecule has 1 N–H and O–H groups in total. The van der Waals surface area contributed by atoms with E-state index >= 15 is 0 Å². The van der Waals surface area contributed by atoms with Crippen LogP contribution in [0.25, 0.3) is 0 Å². The Hall–Kier alpha value is -0.990. The van der Waals surface area contributed by atoms with Gasteiger partial charge in [0.25, 0.3) is 0 Å². The number of hydrogen-bond acceptors (Lipinski definition) is 1. The minimum Gasteiger partial charge on any atom is -0.338 e. The summed E-state index contributed by atoms with van der Waals surface area (Å²) in [4.78, 5) is 13.0. The van der Waals surface area contributed by atoms with Gasteiger partial charge in [-0.1, -0.05) is 13.0 Å². The Kier molecular flexibility index (Phi) is 6.15. The third-order valence-corrected chi connectivity index (χ3v) is 1.54. The summed E-state index contributed by atoms with van der Waals surface area (Å²) in [7, 11) is 0. The van der Waals surface area contributed by atoms with E-state index in [1.54, 1.807) is 11.0 Å². The van der Waals surface area contributed by atoms with Crippen molar-refractivity contribution < 1.29 is 4.79 Å². The van der Waals surface area contributed by atoms with Gasteiger partial charge in [0.2, 0.25) is 0 Å². The Labute approximate surface area is 74.4 Å². The van der Waals surface area contributed by atoms with Crippen molar-refractivity contribution in [1.29, 1.82) is 0 Å². The first kappa shape index (κ1) is 11.0. The first-order valence-electron chi connectivity index (χ1n) is 4.39. The molecule has 0 heterocycles. The maximum absolute atomic E-state index is 11.3. The highest BCUT2D eigenvalue weighted by Gasteiger charge is 2.06. The number of carbonyl (C=O) groups is 1. The number of hydrogen-bond donors (Lipinski definition) is 1. The summed E-state index contributed by atoms with van der Waals surface area (Å²) in [6.07, 6.45) is 2.70. The van der Waals surface area contributed by atoms with E-state index in [1.165, 1.54) is 0 Å². The second kappa shape index (κ2) is 6.70. The molecular weight excluding hydrogens is 152 g/mol. The van der Waals surface area contributed by atoms with Crippen LogP contribution in [0.4, 0.5) is 4.79 Å². The average molecular weight is 170 g/mol. The summed E-state index contributed by atoms with van der Waals surface area (Å²) < 4.78 is 0. The van der Waals surface area contributed by atoms with E-state index in [0.29, 0.717) is 6.54 Å². The normalized spacial score (nSPS) is 9.17. The lowest BCUT2D eigenvalue weighted by atomic mass is 10.4. The molecule has 0 aromatic heterocycles. The zero-order chi connectivity index (χ0) is 9.40. The quantitative estimate of drug-likeness (QED) is 0.625. The number of carbonyl (C=O) groups excluding carboxylic acids is 1. The standard InChI is InChI=1S/C9H18N2O/c1-4-7-10-9(12)11(6-3)8-5-2/h5H,2,4,6-8H2,1,3H3,(H,10,12). The van der Waals surface area contributed by atoms with Gasteiger partial charge in [-0.05, 0) is 13.3 Å². The molecule has 0 aliphatic carbocycles. The van der Waals surface area contributed by atoms with Gasteiger partial charge in [0.05, 0.1) is 0 Å². The minimum atomic E-state index is -0.000694. The van der Waals surface area contributed by atoms with Crippen LogP contribution in [0.2, 0.25) is 0 Å². The van der Waals surface area contributed by atoms with Gasteiger partial charge < -0.3 is 10.2 Å². The highest BCUT2D eigenvalue weighted by atomic mass is 16.2. The Balaban J connectivity index is 3.76. The third-order valence-electron chi connectivity index (χ3n) is 1.54. The first-order chi connectivity index (χ1) is 5.76. The molecule has 2 amide bonds. The first-order valence-corrected chi connectivity index (χ1v) is 4.39. The highest BCUT2D eigenvalue weighted by Crippen LogP contribution is 1.89. The van der Waals surface area contributed by atoms with E-state index in [2.05, 4.69) is 11.9 Å². The summed E-state index contributed by atoms with van der Waals surface area (Å²) in [5.74, 6) is 0. The van der Waals surface area contributed by atoms with Crippen LogP contribution >= 0.6 is 0 Å². The van der Waals surface area contributed by atoms with Crippen LogP contribution in [0.5, 0.6) is 0 Å². The topological polar surface area (TPSA) is 32.3 Å². The van der Waals surface area contributed by atoms with Crippen LogP contribution in [0.15, 0.2) is 12.7 Å². The van der Waals surface area contributed by atoms with E-state index in [-0.39, 0.29) is 6.03 Å². The molecule has 0 saturated carbocycles. The van der Waals surface area contributed by atoms with Crippen LogP contribution in [0.1, 0.15) is 20.3 Å². The van der Waals surface area contributed by atoms with Gasteiger partial charge in [0.15, 0.2) is 0 Å². The molecule has 0 saturated heterocycles. The number of likely N-dealkylation sites (N-methyl/N-ethyl adjacent to an activating group) is 1. The average Bonchev–Trinajstić information content (AvgIpc) is 2.10. The predicted octanol–water partition coefficient (Wildman–Crippen LogP) is 1.61. The van der Waals surface area contributed by atoms with Crippen molar-refractivity contribution in [2.24, 2.45) is 0 Å². The van der Waals surface area contributed by atoms with Crippen LogP contribution < -0.4 is 5.32 Å². The van der Waals surface area contributed by atoms with Crippen molar-refractivity contribution >= 4 is 6.03 Å². The molecule has 0 fully saturated rings. The third kappa shape index (κ3) is 4.01. The molecule has 0 aliphatic heterocycles. The summed E-state index contributed by atoms with van der Waals surface area (Å²) in [5.41, 5.74) is 0. The molecule has 12 heavy (non-hydrogen) atoms. The Morgan fingerprint density at radius 3 is 2.67 bits per heavy atom. The molecule has 3 nitrogen and oxygen atoms in total. The zero-order valence-electron chi connectivity index (χ0n) is 7.97. The van der Waals surface area contributed by atoms with E-state index in [1.807, 2.05) is 13.8 Å². The lowest BCUT2D eigenvalue weighted by molar-refractivity contribution is 0.206. The van der Waals surface area contributed by atoms with Crippen LogP contribution in [0.3, 0.4) is 0 Å². The lowest BCUT2D eigenvalue weighted by Crippen LogP contribution is -2.40. The molecule has 0 atom stereocenters. The van der Waals surface area contributed by atoms with Gasteiger partial charge >= 0.3 is 6.03 Å². The summed E-state index contributed by atoms with van der Waals surface area (Å²) in [6, 6.07) is -0.000694. The molecule has 0 aromatic carbocycles. The van der Waals surface area contributed by atoms with E-state index in [0.717, 1.165) is 19.5 Å². The largest absolute Gasteiger partial charge is 0.338 e. The monoisotopic (exact) mass is 170 g/mol. The Morgan fingerprint density at radius 1 is 1.58 bits per heavy atom. The van der Waals surface area contributed by atoms with Crippen LogP contribution in [0, 0.1) is 0 Å². The van der Waals surface area contributed by atoms with Crippen molar-refractivity contribution in [3.63, 3.8) is 0 Å². The van der Waals surface area contributed by atoms with Gasteiger partial charge in [0, 0.05) is 19.6 Å². The number of amides is 2. The number of nitrogens with one attached hydrogen (secondary N) is 1. The maximum Gasteiger partial charge on any atom is 0.317 e. The fourth-order valence-electron chi connectivity index (χ4n) is 0.855. The molecule has 0 aromatic rings. The van der Waals surface area contributed by atoms with Gasteiger partial charge in [-0.25, -0.2) is 4.79 Å².